The molecule has 1 N–H and O–H groups in total. The largest absolute Gasteiger partial charge is 0.497 e. The normalized spacial score (nSPS) is 11.8. The number of aryl methyl sites for hydroxylation is 1. The van der Waals surface area contributed by atoms with Crippen molar-refractivity contribution in [3.8, 4) is 23.0 Å². The highest BCUT2D eigenvalue weighted by Gasteiger charge is 2.36. The van der Waals surface area contributed by atoms with Gasteiger partial charge in [0.2, 0.25) is 11.8 Å². The van der Waals surface area contributed by atoms with Gasteiger partial charge in [-0.05, 0) is 48.2 Å². The molecular weight excluding hydrogens is 671 g/mol. The lowest BCUT2D eigenvalue weighted by Crippen LogP contribution is -2.53. The zero-order chi connectivity index (χ0) is 37.1. The first kappa shape index (κ1) is 38.6. The second-order valence-electron chi connectivity index (χ2n) is 12.4. The van der Waals surface area contributed by atoms with Gasteiger partial charge in [0.15, 0.2) is 11.5 Å². The molecule has 12 heteroatoms. The summed E-state index contributed by atoms with van der Waals surface area (Å²) < 4.78 is 52.1. The van der Waals surface area contributed by atoms with Gasteiger partial charge >= 0.3 is 0 Å². The van der Waals surface area contributed by atoms with Crippen LogP contribution in [-0.2, 0) is 32.6 Å². The van der Waals surface area contributed by atoms with Gasteiger partial charge in [-0.1, -0.05) is 74.0 Å². The van der Waals surface area contributed by atoms with Crippen LogP contribution >= 0.6 is 0 Å². The molecule has 0 aliphatic rings. The predicted molar refractivity (Wildman–Crippen MR) is 197 cm³/mol. The van der Waals surface area contributed by atoms with Crippen molar-refractivity contribution in [1.82, 2.24) is 10.2 Å². The molecule has 0 aromatic heterocycles. The van der Waals surface area contributed by atoms with Gasteiger partial charge in [-0.2, -0.15) is 0 Å². The lowest BCUT2D eigenvalue weighted by atomic mass is 10.0. The number of amides is 2. The summed E-state index contributed by atoms with van der Waals surface area (Å²) in [4.78, 5) is 30.2. The van der Waals surface area contributed by atoms with E-state index in [1.54, 1.807) is 12.1 Å². The van der Waals surface area contributed by atoms with Crippen LogP contribution < -0.4 is 28.6 Å². The van der Waals surface area contributed by atoms with E-state index in [1.807, 2.05) is 75.4 Å². The van der Waals surface area contributed by atoms with Crippen LogP contribution in [0, 0.1) is 12.8 Å². The number of carbonyl (C=O) groups excluding carboxylic acids is 2. The van der Waals surface area contributed by atoms with Gasteiger partial charge in [-0.15, -0.1) is 0 Å². The zero-order valence-electron chi connectivity index (χ0n) is 30.2. The number of nitrogens with one attached hydrogen (secondary N) is 1. The molecule has 0 aliphatic heterocycles. The van der Waals surface area contributed by atoms with E-state index in [4.69, 9.17) is 18.9 Å². The molecule has 2 amide bonds. The lowest BCUT2D eigenvalue weighted by Gasteiger charge is -2.34. The van der Waals surface area contributed by atoms with Crippen LogP contribution in [0.1, 0.15) is 30.5 Å². The smallest absolute Gasteiger partial charge is 0.265 e. The Morgan fingerprint density at radius 1 is 0.745 bits per heavy atom. The van der Waals surface area contributed by atoms with Gasteiger partial charge in [-0.3, -0.25) is 13.9 Å². The van der Waals surface area contributed by atoms with E-state index in [9.17, 15) is 18.0 Å². The number of ether oxygens (including phenoxy) is 4. The Bertz CT molecular complexity index is 1880. The molecule has 0 fully saturated rings. The van der Waals surface area contributed by atoms with E-state index in [2.05, 4.69) is 5.32 Å². The quantitative estimate of drug-likeness (QED) is 0.149. The van der Waals surface area contributed by atoms with E-state index >= 15 is 0 Å². The Balaban J connectivity index is 1.89. The number of nitrogens with zero attached hydrogens (tertiary/aromatic N) is 2. The van der Waals surface area contributed by atoms with Gasteiger partial charge in [0.25, 0.3) is 10.0 Å². The highest BCUT2D eigenvalue weighted by Crippen LogP contribution is 2.38. The number of benzene rings is 4. The van der Waals surface area contributed by atoms with Gasteiger partial charge in [0, 0.05) is 31.6 Å². The fraction of sp³-hybridized carbons (Fsp3) is 0.333. The average molecular weight is 718 g/mol. The summed E-state index contributed by atoms with van der Waals surface area (Å²) >= 11 is 0. The van der Waals surface area contributed by atoms with Crippen LogP contribution in [0.3, 0.4) is 0 Å². The van der Waals surface area contributed by atoms with Crippen LogP contribution in [0.4, 0.5) is 5.69 Å². The van der Waals surface area contributed by atoms with Crippen LogP contribution in [0.25, 0.3) is 0 Å². The van der Waals surface area contributed by atoms with Crippen molar-refractivity contribution in [2.45, 2.75) is 44.7 Å². The van der Waals surface area contributed by atoms with Crippen LogP contribution in [0.2, 0.25) is 0 Å². The van der Waals surface area contributed by atoms with Crippen LogP contribution in [-0.4, -0.2) is 72.7 Å². The number of anilines is 1. The molecule has 4 aromatic carbocycles. The number of carbonyl (C=O) groups is 2. The van der Waals surface area contributed by atoms with Crippen molar-refractivity contribution in [1.29, 1.82) is 0 Å². The minimum absolute atomic E-state index is 0.0468. The van der Waals surface area contributed by atoms with E-state index in [0.717, 1.165) is 21.0 Å². The minimum atomic E-state index is -4.49. The third-order valence-corrected chi connectivity index (χ3v) is 10.1. The molecule has 0 unspecified atom stereocenters. The summed E-state index contributed by atoms with van der Waals surface area (Å²) in [6.07, 6.45) is 0.202. The lowest BCUT2D eigenvalue weighted by molar-refractivity contribution is -0.140. The zero-order valence-corrected chi connectivity index (χ0v) is 31.0. The fourth-order valence-corrected chi connectivity index (χ4v) is 6.91. The molecule has 0 radical (unpaired) electrons. The number of hydrogen-bond donors (Lipinski definition) is 1. The number of hydrogen-bond acceptors (Lipinski definition) is 8. The maximum absolute atomic E-state index is 14.9. The molecule has 272 valence electrons. The molecule has 4 aromatic rings. The maximum Gasteiger partial charge on any atom is 0.265 e. The van der Waals surface area contributed by atoms with Crippen LogP contribution in [0.15, 0.2) is 95.9 Å². The van der Waals surface area contributed by atoms with Gasteiger partial charge in [0.1, 0.15) is 24.1 Å². The summed E-state index contributed by atoms with van der Waals surface area (Å²) in [6, 6.07) is 25.0. The third-order valence-electron chi connectivity index (χ3n) is 8.31. The average Bonchev–Trinajstić information content (AvgIpc) is 3.14. The summed E-state index contributed by atoms with van der Waals surface area (Å²) in [5.74, 6) is 0.263. The molecule has 51 heavy (non-hydrogen) atoms. The SMILES string of the molecule is COc1ccc(OC)c(N(CC(=O)N(Cc2ccc(C)cc2)[C@H](Cc2ccccc2)C(=O)NCC(C)C)S(=O)(=O)c2ccc(OC)c(OC)c2)c1. The van der Waals surface area contributed by atoms with Gasteiger partial charge < -0.3 is 29.2 Å². The molecule has 0 heterocycles. The topological polar surface area (TPSA) is 124 Å². The Hall–Kier alpha value is -5.23. The first-order chi connectivity index (χ1) is 24.4. The number of methoxy groups -OCH3 is 4. The van der Waals surface area contributed by atoms with Crippen molar-refractivity contribution in [2.75, 3.05) is 45.8 Å². The van der Waals surface area contributed by atoms with E-state index < -0.39 is 28.5 Å². The van der Waals surface area contributed by atoms with Gasteiger partial charge in [-0.25, -0.2) is 8.42 Å². The maximum atomic E-state index is 14.9. The minimum Gasteiger partial charge on any atom is -0.497 e. The van der Waals surface area contributed by atoms with E-state index in [1.165, 1.54) is 57.6 Å². The Labute approximate surface area is 301 Å². The highest BCUT2D eigenvalue weighted by molar-refractivity contribution is 7.92. The summed E-state index contributed by atoms with van der Waals surface area (Å²) in [5.41, 5.74) is 2.72. The molecule has 0 saturated heterocycles. The fourth-order valence-electron chi connectivity index (χ4n) is 5.48. The van der Waals surface area contributed by atoms with E-state index in [-0.39, 0.29) is 46.9 Å². The van der Waals surface area contributed by atoms with Crippen molar-refractivity contribution in [3.05, 3.63) is 108 Å². The molecule has 0 spiro atoms. The molecule has 11 nitrogen and oxygen atoms in total. The molecule has 0 bridgehead atoms. The molecular formula is C39H47N3O8S. The predicted octanol–water partition coefficient (Wildman–Crippen LogP) is 5.64. The second-order valence-corrected chi connectivity index (χ2v) is 14.3. The molecule has 4 rings (SSSR count). The summed E-state index contributed by atoms with van der Waals surface area (Å²) in [6.45, 7) is 5.71. The first-order valence-electron chi connectivity index (χ1n) is 16.5. The monoisotopic (exact) mass is 717 g/mol. The molecule has 1 atom stereocenters. The standard InChI is InChI=1S/C39H47N3O8S/c1-27(2)24-40-39(44)34(21-29-11-9-8-10-12-29)41(25-30-15-13-28(3)14-16-30)38(43)26-42(33-22-31(47-4)17-19-35(33)48-5)51(45,46)32-18-20-36(49-6)37(23-32)50-7/h8-20,22-23,27,34H,21,24-26H2,1-7H3,(H,40,44)/t34-/m1/s1. The van der Waals surface area contributed by atoms with Crippen molar-refractivity contribution in [3.63, 3.8) is 0 Å². The molecule has 0 aliphatic carbocycles. The Morgan fingerprint density at radius 2 is 1.39 bits per heavy atom. The third kappa shape index (κ3) is 9.72. The van der Waals surface area contributed by atoms with Crippen LogP contribution in [0.5, 0.6) is 23.0 Å². The highest BCUT2D eigenvalue weighted by atomic mass is 32.2. The summed E-state index contributed by atoms with van der Waals surface area (Å²) in [5, 5.41) is 3.00. The molecule has 0 saturated carbocycles. The van der Waals surface area contributed by atoms with Crippen molar-refractivity contribution >= 4 is 27.5 Å². The van der Waals surface area contributed by atoms with Crippen molar-refractivity contribution < 1.29 is 37.0 Å². The first-order valence-corrected chi connectivity index (χ1v) is 18.0. The van der Waals surface area contributed by atoms with Crippen molar-refractivity contribution in [2.24, 2.45) is 5.92 Å². The van der Waals surface area contributed by atoms with Gasteiger partial charge in [0.05, 0.1) is 39.0 Å². The number of rotatable bonds is 17. The van der Waals surface area contributed by atoms with E-state index in [0.29, 0.717) is 18.0 Å². The number of sulfonamides is 1. The second kappa shape index (κ2) is 17.6. The summed E-state index contributed by atoms with van der Waals surface area (Å²) in [7, 11) is 1.23. The Kier molecular flexibility index (Phi) is 13.3. The Morgan fingerprint density at radius 3 is 2.00 bits per heavy atom.